The number of allylic oxidation sites excluding steroid dienone is 2. The number of hydrogen-bond donors (Lipinski definition) is 1. The number of alkyl halides is 3. The molecule has 0 saturated heterocycles. The molecule has 140 valence electrons. The van der Waals surface area contributed by atoms with Gasteiger partial charge in [-0.05, 0) is 41.7 Å². The Morgan fingerprint density at radius 3 is 2.56 bits per heavy atom. The van der Waals surface area contributed by atoms with Crippen molar-refractivity contribution < 1.29 is 22.8 Å². The minimum Gasteiger partial charge on any atom is -0.406 e. The lowest BCUT2D eigenvalue weighted by Gasteiger charge is -2.37. The van der Waals surface area contributed by atoms with Gasteiger partial charge in [0.2, 0.25) is 0 Å². The molecule has 27 heavy (non-hydrogen) atoms. The summed E-state index contributed by atoms with van der Waals surface area (Å²) in [6.07, 6.45) is 0.0492. The van der Waals surface area contributed by atoms with Crippen LogP contribution in [0.25, 0.3) is 0 Å². The molecule has 0 spiro atoms. The standard InChI is InChI=1S/C19H15F3N2O3/c20-19(21,22)27-13-8-9-17-16(10-13)14-2-1-3-15(14)18(23-17)11-4-6-12(7-5-11)24(25)26/h1-2,4-10,14-15,18,23H,3H2/t14-,15+,18-/m0/s1. The van der Waals surface area contributed by atoms with Crippen LogP contribution < -0.4 is 10.1 Å². The van der Waals surface area contributed by atoms with Crippen LogP contribution in [0.3, 0.4) is 0 Å². The zero-order valence-electron chi connectivity index (χ0n) is 13.9. The van der Waals surface area contributed by atoms with Crippen molar-refractivity contribution in [3.8, 4) is 5.75 Å². The summed E-state index contributed by atoms with van der Waals surface area (Å²) in [6, 6.07) is 10.6. The maximum Gasteiger partial charge on any atom is 0.573 e. The molecule has 0 fully saturated rings. The Morgan fingerprint density at radius 1 is 1.15 bits per heavy atom. The van der Waals surface area contributed by atoms with Crippen molar-refractivity contribution in [2.24, 2.45) is 5.92 Å². The van der Waals surface area contributed by atoms with Gasteiger partial charge in [0.1, 0.15) is 5.75 Å². The largest absolute Gasteiger partial charge is 0.573 e. The fraction of sp³-hybridized carbons (Fsp3) is 0.263. The minimum absolute atomic E-state index is 0.0185. The lowest BCUT2D eigenvalue weighted by Crippen LogP contribution is -2.29. The van der Waals surface area contributed by atoms with Gasteiger partial charge in [0.05, 0.1) is 11.0 Å². The van der Waals surface area contributed by atoms with Gasteiger partial charge in [-0.2, -0.15) is 0 Å². The zero-order chi connectivity index (χ0) is 19.2. The molecule has 0 bridgehead atoms. The van der Waals surface area contributed by atoms with Crippen molar-refractivity contribution in [2.75, 3.05) is 5.32 Å². The quantitative estimate of drug-likeness (QED) is 0.447. The summed E-state index contributed by atoms with van der Waals surface area (Å²) in [5, 5.41) is 14.2. The molecular weight excluding hydrogens is 361 g/mol. The smallest absolute Gasteiger partial charge is 0.406 e. The fourth-order valence-corrected chi connectivity index (χ4v) is 3.90. The number of benzene rings is 2. The number of nitrogens with one attached hydrogen (secondary N) is 1. The molecule has 0 amide bonds. The number of anilines is 1. The van der Waals surface area contributed by atoms with Gasteiger partial charge in [0, 0.05) is 23.7 Å². The Balaban J connectivity index is 1.67. The lowest BCUT2D eigenvalue weighted by molar-refractivity contribution is -0.384. The summed E-state index contributed by atoms with van der Waals surface area (Å²) in [6.45, 7) is 0. The van der Waals surface area contributed by atoms with Crippen LogP contribution in [0.1, 0.15) is 29.5 Å². The second-order valence-corrected chi connectivity index (χ2v) is 6.62. The molecule has 2 aromatic rings. The maximum absolute atomic E-state index is 12.5. The van der Waals surface area contributed by atoms with E-state index < -0.39 is 11.3 Å². The highest BCUT2D eigenvalue weighted by molar-refractivity contribution is 5.62. The number of nitrogens with zero attached hydrogens (tertiary/aromatic N) is 1. The molecule has 3 atom stereocenters. The van der Waals surface area contributed by atoms with E-state index >= 15 is 0 Å². The average molecular weight is 376 g/mol. The van der Waals surface area contributed by atoms with E-state index in [1.54, 1.807) is 18.2 Å². The van der Waals surface area contributed by atoms with Crippen molar-refractivity contribution in [3.05, 3.63) is 75.9 Å². The van der Waals surface area contributed by atoms with Crippen LogP contribution >= 0.6 is 0 Å². The Bertz CT molecular complexity index is 909. The van der Waals surface area contributed by atoms with E-state index in [2.05, 4.69) is 10.1 Å². The van der Waals surface area contributed by atoms with Gasteiger partial charge in [-0.1, -0.05) is 24.3 Å². The first kappa shape index (κ1) is 17.4. The molecule has 5 nitrogen and oxygen atoms in total. The molecule has 2 aromatic carbocycles. The fourth-order valence-electron chi connectivity index (χ4n) is 3.90. The SMILES string of the molecule is O=[N+]([O-])c1ccc([C@@H]2Nc3ccc(OC(F)(F)F)cc3[C@H]3C=CC[C@H]32)cc1. The summed E-state index contributed by atoms with van der Waals surface area (Å²) >= 11 is 0. The van der Waals surface area contributed by atoms with Crippen LogP contribution in [-0.4, -0.2) is 11.3 Å². The van der Waals surface area contributed by atoms with Gasteiger partial charge in [-0.25, -0.2) is 0 Å². The van der Waals surface area contributed by atoms with Crippen LogP contribution in [0.2, 0.25) is 0 Å². The monoisotopic (exact) mass is 376 g/mol. The first-order valence-electron chi connectivity index (χ1n) is 8.39. The topological polar surface area (TPSA) is 64.4 Å². The van der Waals surface area contributed by atoms with Gasteiger partial charge in [-0.15, -0.1) is 13.2 Å². The Kier molecular flexibility index (Phi) is 4.05. The van der Waals surface area contributed by atoms with Crippen LogP contribution in [0.15, 0.2) is 54.6 Å². The maximum atomic E-state index is 12.5. The van der Waals surface area contributed by atoms with Crippen LogP contribution in [-0.2, 0) is 0 Å². The van der Waals surface area contributed by atoms with E-state index in [-0.39, 0.29) is 29.3 Å². The van der Waals surface area contributed by atoms with Gasteiger partial charge in [0.15, 0.2) is 0 Å². The zero-order valence-corrected chi connectivity index (χ0v) is 13.9. The highest BCUT2D eigenvalue weighted by atomic mass is 19.4. The van der Waals surface area contributed by atoms with Crippen LogP contribution in [0.5, 0.6) is 5.75 Å². The summed E-state index contributed by atoms with van der Waals surface area (Å²) in [5.41, 5.74) is 2.42. The van der Waals surface area contributed by atoms with E-state index in [4.69, 9.17) is 0 Å². The number of rotatable bonds is 3. The summed E-state index contributed by atoms with van der Waals surface area (Å²) < 4.78 is 41.6. The van der Waals surface area contributed by atoms with Crippen LogP contribution in [0, 0.1) is 16.0 Å². The molecule has 0 saturated carbocycles. The first-order valence-corrected chi connectivity index (χ1v) is 8.39. The highest BCUT2D eigenvalue weighted by Crippen LogP contribution is 2.50. The summed E-state index contributed by atoms with van der Waals surface area (Å²) in [7, 11) is 0. The molecule has 1 aliphatic heterocycles. The highest BCUT2D eigenvalue weighted by Gasteiger charge is 2.39. The lowest BCUT2D eigenvalue weighted by atomic mass is 9.77. The van der Waals surface area contributed by atoms with Gasteiger partial charge < -0.3 is 10.1 Å². The number of non-ortho nitro benzene ring substituents is 1. The van der Waals surface area contributed by atoms with E-state index in [1.165, 1.54) is 24.3 Å². The van der Waals surface area contributed by atoms with E-state index in [0.29, 0.717) is 0 Å². The third-order valence-electron chi connectivity index (χ3n) is 5.03. The number of nitro benzene ring substituents is 1. The average Bonchev–Trinajstić information content (AvgIpc) is 3.10. The van der Waals surface area contributed by atoms with Gasteiger partial charge >= 0.3 is 6.36 Å². The normalized spacial score (nSPS) is 23.3. The van der Waals surface area contributed by atoms with Crippen molar-refractivity contribution in [1.29, 1.82) is 0 Å². The van der Waals surface area contributed by atoms with E-state index in [0.717, 1.165) is 23.2 Å². The van der Waals surface area contributed by atoms with Crippen molar-refractivity contribution >= 4 is 11.4 Å². The molecule has 4 rings (SSSR count). The molecule has 2 aliphatic rings. The number of hydrogen-bond acceptors (Lipinski definition) is 4. The molecular formula is C19H15F3N2O3. The van der Waals surface area contributed by atoms with Gasteiger partial charge in [-0.3, -0.25) is 10.1 Å². The Hall–Kier alpha value is -3.03. The summed E-state index contributed by atoms with van der Waals surface area (Å²) in [4.78, 5) is 10.4. The number of nitro groups is 1. The molecule has 0 aromatic heterocycles. The first-order chi connectivity index (χ1) is 12.8. The van der Waals surface area contributed by atoms with E-state index in [1.807, 2.05) is 12.2 Å². The Labute approximate surface area is 152 Å². The minimum atomic E-state index is -4.73. The van der Waals surface area contributed by atoms with E-state index in [9.17, 15) is 23.3 Å². The molecule has 1 N–H and O–H groups in total. The third kappa shape index (κ3) is 3.34. The molecule has 1 heterocycles. The number of fused-ring (bicyclic) bond motifs is 3. The Morgan fingerprint density at radius 2 is 1.89 bits per heavy atom. The van der Waals surface area contributed by atoms with Crippen LogP contribution in [0.4, 0.5) is 24.5 Å². The number of ether oxygens (including phenoxy) is 1. The second-order valence-electron chi connectivity index (χ2n) is 6.62. The molecule has 0 unspecified atom stereocenters. The predicted molar refractivity (Wildman–Crippen MR) is 92.6 cm³/mol. The second kappa shape index (κ2) is 6.29. The van der Waals surface area contributed by atoms with Crippen molar-refractivity contribution in [3.63, 3.8) is 0 Å². The molecule has 8 heteroatoms. The molecule has 1 aliphatic carbocycles. The van der Waals surface area contributed by atoms with Gasteiger partial charge in [0.25, 0.3) is 5.69 Å². The number of halogens is 3. The van der Waals surface area contributed by atoms with Crippen molar-refractivity contribution in [1.82, 2.24) is 0 Å². The summed E-state index contributed by atoms with van der Waals surface area (Å²) in [5.74, 6) is -0.172. The predicted octanol–water partition coefficient (Wildman–Crippen LogP) is 5.32. The molecule has 0 radical (unpaired) electrons. The van der Waals surface area contributed by atoms with Crippen molar-refractivity contribution in [2.45, 2.75) is 24.7 Å². The third-order valence-corrected chi connectivity index (χ3v) is 5.03.